The average Bonchev–Trinajstić information content (AvgIpc) is 2.49. The Morgan fingerprint density at radius 1 is 1.14 bits per heavy atom. The van der Waals surface area contributed by atoms with E-state index >= 15 is 0 Å². The van der Waals surface area contributed by atoms with Crippen LogP contribution in [0.1, 0.15) is 37.8 Å². The molecule has 4 nitrogen and oxygen atoms in total. The molecular weight excluding hydrogens is 266 g/mol. The monoisotopic (exact) mass is 285 g/mol. The van der Waals surface area contributed by atoms with Gasteiger partial charge in [0.05, 0.1) is 0 Å². The number of nitrogens with one attached hydrogen (secondary N) is 1. The third-order valence-electron chi connectivity index (χ3n) is 3.47. The lowest BCUT2D eigenvalue weighted by Crippen LogP contribution is -2.32. The van der Waals surface area contributed by atoms with Crippen LogP contribution in [0.4, 0.5) is 4.79 Å². The molecule has 2 aromatic rings. The number of amides is 1. The van der Waals surface area contributed by atoms with Crippen LogP contribution in [0.15, 0.2) is 42.5 Å². The summed E-state index contributed by atoms with van der Waals surface area (Å²) < 4.78 is 0. The molecule has 0 aliphatic rings. The summed E-state index contributed by atoms with van der Waals surface area (Å²) in [4.78, 5) is 23.2. The maximum absolute atomic E-state index is 12.2. The van der Waals surface area contributed by atoms with Crippen LogP contribution in [0.2, 0.25) is 0 Å². The van der Waals surface area contributed by atoms with Gasteiger partial charge in [0, 0.05) is 6.42 Å². The highest BCUT2D eigenvalue weighted by molar-refractivity contribution is 5.90. The normalized spacial score (nSPS) is 12.0. The average molecular weight is 285 g/mol. The molecule has 110 valence electrons. The predicted molar refractivity (Wildman–Crippen MR) is 82.4 cm³/mol. The molecule has 0 saturated heterocycles. The molecule has 1 amide bonds. The zero-order chi connectivity index (χ0) is 15.2. The second kappa shape index (κ2) is 6.88. The Balaban J connectivity index is 2.33. The lowest BCUT2D eigenvalue weighted by atomic mass is 9.96. The Kier molecular flexibility index (Phi) is 4.93. The van der Waals surface area contributed by atoms with Gasteiger partial charge >= 0.3 is 6.09 Å². The zero-order valence-corrected chi connectivity index (χ0v) is 12.0. The summed E-state index contributed by atoms with van der Waals surface area (Å²) in [6, 6.07) is 12.6. The van der Waals surface area contributed by atoms with Crippen molar-refractivity contribution >= 4 is 22.6 Å². The highest BCUT2D eigenvalue weighted by Gasteiger charge is 2.22. The van der Waals surface area contributed by atoms with Crippen molar-refractivity contribution in [2.24, 2.45) is 0 Å². The van der Waals surface area contributed by atoms with Crippen LogP contribution in [0.3, 0.4) is 0 Å². The highest BCUT2D eigenvalue weighted by Crippen LogP contribution is 2.22. The van der Waals surface area contributed by atoms with Crippen molar-refractivity contribution < 1.29 is 14.7 Å². The lowest BCUT2D eigenvalue weighted by molar-refractivity contribution is -0.121. The molecule has 0 saturated carbocycles. The molecule has 0 radical (unpaired) electrons. The minimum atomic E-state index is -1.18. The second-order valence-electron chi connectivity index (χ2n) is 5.06. The summed E-state index contributed by atoms with van der Waals surface area (Å²) >= 11 is 0. The topological polar surface area (TPSA) is 66.4 Å². The molecule has 0 fully saturated rings. The molecule has 0 aliphatic heterocycles. The second-order valence-corrected chi connectivity index (χ2v) is 5.06. The van der Waals surface area contributed by atoms with E-state index in [1.165, 1.54) is 0 Å². The van der Waals surface area contributed by atoms with Gasteiger partial charge in [0.25, 0.3) is 0 Å². The number of hydrogen-bond donors (Lipinski definition) is 2. The van der Waals surface area contributed by atoms with Gasteiger partial charge in [-0.15, -0.1) is 0 Å². The van der Waals surface area contributed by atoms with Crippen LogP contribution in [0.25, 0.3) is 10.8 Å². The van der Waals surface area contributed by atoms with Crippen molar-refractivity contribution in [3.8, 4) is 0 Å². The van der Waals surface area contributed by atoms with E-state index in [1.54, 1.807) is 0 Å². The number of benzene rings is 2. The maximum atomic E-state index is 12.2. The summed E-state index contributed by atoms with van der Waals surface area (Å²) in [5.74, 6) is -0.0884. The van der Waals surface area contributed by atoms with Crippen molar-refractivity contribution in [2.75, 3.05) is 0 Å². The maximum Gasteiger partial charge on any atom is 0.405 e. The minimum absolute atomic E-state index is 0.0884. The van der Waals surface area contributed by atoms with E-state index < -0.39 is 12.1 Å². The Bertz CT molecular complexity index is 651. The van der Waals surface area contributed by atoms with E-state index in [9.17, 15) is 9.59 Å². The molecule has 1 unspecified atom stereocenters. The van der Waals surface area contributed by atoms with E-state index in [0.29, 0.717) is 12.0 Å². The van der Waals surface area contributed by atoms with Gasteiger partial charge in [-0.05, 0) is 28.8 Å². The fraction of sp³-hybridized carbons (Fsp3) is 0.294. The molecule has 0 aliphatic carbocycles. The van der Waals surface area contributed by atoms with Crippen LogP contribution < -0.4 is 5.32 Å². The van der Waals surface area contributed by atoms with Gasteiger partial charge in [-0.2, -0.15) is 0 Å². The van der Waals surface area contributed by atoms with E-state index in [1.807, 2.05) is 49.4 Å². The first-order valence-electron chi connectivity index (χ1n) is 7.12. The Hall–Kier alpha value is -2.36. The van der Waals surface area contributed by atoms with E-state index in [4.69, 9.17) is 5.11 Å². The van der Waals surface area contributed by atoms with Crippen molar-refractivity contribution in [2.45, 2.75) is 32.2 Å². The van der Waals surface area contributed by atoms with Crippen LogP contribution >= 0.6 is 0 Å². The van der Waals surface area contributed by atoms with E-state index in [2.05, 4.69) is 5.32 Å². The van der Waals surface area contributed by atoms with Crippen LogP contribution in [-0.4, -0.2) is 17.0 Å². The highest BCUT2D eigenvalue weighted by atomic mass is 16.4. The molecule has 2 aromatic carbocycles. The lowest BCUT2D eigenvalue weighted by Gasteiger charge is -2.17. The van der Waals surface area contributed by atoms with E-state index in [-0.39, 0.29) is 5.78 Å². The van der Waals surface area contributed by atoms with Crippen molar-refractivity contribution in [3.63, 3.8) is 0 Å². The number of carbonyl (C=O) groups is 2. The number of carbonyl (C=O) groups excluding carboxylic acids is 1. The summed E-state index contributed by atoms with van der Waals surface area (Å²) in [6.45, 7) is 2.00. The minimum Gasteiger partial charge on any atom is -0.465 e. The van der Waals surface area contributed by atoms with Gasteiger partial charge in [0.2, 0.25) is 0 Å². The first-order valence-corrected chi connectivity index (χ1v) is 7.12. The molecule has 0 aromatic heterocycles. The molecule has 0 heterocycles. The van der Waals surface area contributed by atoms with Gasteiger partial charge in [0.1, 0.15) is 6.04 Å². The standard InChI is InChI=1S/C17H19NO3/c1-2-3-8-15(19)16(18-17(20)21)14-10-9-12-6-4-5-7-13(12)11-14/h4-7,9-11,16,18H,2-3,8H2,1H3,(H,20,21). The molecule has 2 rings (SSSR count). The molecule has 4 heteroatoms. The summed E-state index contributed by atoms with van der Waals surface area (Å²) in [7, 11) is 0. The largest absolute Gasteiger partial charge is 0.465 e. The number of Topliss-reactive ketones (excluding diaryl/α,β-unsaturated/α-hetero) is 1. The van der Waals surface area contributed by atoms with Crippen molar-refractivity contribution in [1.82, 2.24) is 5.32 Å². The molecule has 0 spiro atoms. The number of fused-ring (bicyclic) bond motifs is 1. The zero-order valence-electron chi connectivity index (χ0n) is 12.0. The Labute approximate surface area is 123 Å². The summed E-state index contributed by atoms with van der Waals surface area (Å²) in [5, 5.41) is 13.4. The molecular formula is C17H19NO3. The predicted octanol–water partition coefficient (Wildman–Crippen LogP) is 3.91. The molecule has 1 atom stereocenters. The van der Waals surface area contributed by atoms with Crippen LogP contribution in [-0.2, 0) is 4.79 Å². The smallest absolute Gasteiger partial charge is 0.405 e. The fourth-order valence-corrected chi connectivity index (χ4v) is 2.36. The van der Waals surface area contributed by atoms with Crippen LogP contribution in [0, 0.1) is 0 Å². The Morgan fingerprint density at radius 3 is 2.52 bits per heavy atom. The molecule has 2 N–H and O–H groups in total. The van der Waals surface area contributed by atoms with Gasteiger partial charge < -0.3 is 10.4 Å². The Morgan fingerprint density at radius 2 is 1.86 bits per heavy atom. The third-order valence-corrected chi connectivity index (χ3v) is 3.47. The van der Waals surface area contributed by atoms with Crippen LogP contribution in [0.5, 0.6) is 0 Å². The van der Waals surface area contributed by atoms with E-state index in [0.717, 1.165) is 23.6 Å². The quantitative estimate of drug-likeness (QED) is 0.845. The van der Waals surface area contributed by atoms with Gasteiger partial charge in [-0.3, -0.25) is 4.79 Å². The van der Waals surface area contributed by atoms with Gasteiger partial charge in [-0.25, -0.2) is 4.79 Å². The number of unbranched alkanes of at least 4 members (excludes halogenated alkanes) is 1. The van der Waals surface area contributed by atoms with Gasteiger partial charge in [0.15, 0.2) is 5.78 Å². The molecule has 21 heavy (non-hydrogen) atoms. The number of ketones is 1. The first kappa shape index (κ1) is 15.0. The van der Waals surface area contributed by atoms with Gasteiger partial charge in [-0.1, -0.05) is 49.7 Å². The third kappa shape index (κ3) is 3.81. The number of carboxylic acid groups (broad SMARTS) is 1. The molecule has 0 bridgehead atoms. The first-order chi connectivity index (χ1) is 10.1. The van der Waals surface area contributed by atoms with Crippen molar-refractivity contribution in [1.29, 1.82) is 0 Å². The fourth-order valence-electron chi connectivity index (χ4n) is 2.36. The number of hydrogen-bond acceptors (Lipinski definition) is 2. The summed E-state index contributed by atoms with van der Waals surface area (Å²) in [5.41, 5.74) is 0.692. The summed E-state index contributed by atoms with van der Waals surface area (Å²) in [6.07, 6.45) is 0.875. The van der Waals surface area contributed by atoms with Crippen molar-refractivity contribution in [3.05, 3.63) is 48.0 Å². The SMILES string of the molecule is CCCCC(=O)C(NC(=O)O)c1ccc2ccccc2c1. The number of rotatable bonds is 6.